The largest absolute Gasteiger partial charge is 0.503 e. The maximum absolute atomic E-state index is 12.8. The average Bonchev–Trinajstić information content (AvgIpc) is 2.96. The lowest BCUT2D eigenvalue weighted by Gasteiger charge is -2.21. The van der Waals surface area contributed by atoms with Crippen LogP contribution in [0, 0.1) is 0 Å². The van der Waals surface area contributed by atoms with Gasteiger partial charge >= 0.3 is 0 Å². The standard InChI is InChI=1S/C17H17Cl2NO3S/c1-3-7-20(10-12-5-6-15(19)24-12)17(22)11-8-13(18)16(21)14(9-11)23-4-2/h3,5-6,8-9,21H,1,4,7,10H2,2H3. The van der Waals surface area contributed by atoms with E-state index in [9.17, 15) is 9.90 Å². The highest BCUT2D eigenvalue weighted by atomic mass is 35.5. The van der Waals surface area contributed by atoms with E-state index in [0.29, 0.717) is 29.6 Å². The maximum atomic E-state index is 12.8. The molecule has 0 atom stereocenters. The number of phenolic OH excluding ortho intramolecular Hbond substituents is 1. The molecule has 0 aliphatic rings. The van der Waals surface area contributed by atoms with Gasteiger partial charge in [-0.1, -0.05) is 29.3 Å². The predicted molar refractivity (Wildman–Crippen MR) is 98.6 cm³/mol. The number of carbonyl (C=O) groups excluding carboxylic acids is 1. The van der Waals surface area contributed by atoms with Crippen LogP contribution in [0.3, 0.4) is 0 Å². The average molecular weight is 386 g/mol. The number of phenols is 1. The first-order valence-electron chi connectivity index (χ1n) is 7.26. The Morgan fingerprint density at radius 1 is 1.42 bits per heavy atom. The lowest BCUT2D eigenvalue weighted by molar-refractivity contribution is 0.0763. The zero-order valence-electron chi connectivity index (χ0n) is 13.1. The fourth-order valence-electron chi connectivity index (χ4n) is 2.15. The Kier molecular flexibility index (Phi) is 6.54. The first-order chi connectivity index (χ1) is 11.5. The summed E-state index contributed by atoms with van der Waals surface area (Å²) in [6.07, 6.45) is 1.65. The summed E-state index contributed by atoms with van der Waals surface area (Å²) in [5.41, 5.74) is 0.339. The topological polar surface area (TPSA) is 49.8 Å². The van der Waals surface area contributed by atoms with Crippen molar-refractivity contribution in [3.05, 3.63) is 56.7 Å². The molecule has 7 heteroatoms. The summed E-state index contributed by atoms with van der Waals surface area (Å²) in [7, 11) is 0. The fourth-order valence-corrected chi connectivity index (χ4v) is 3.46. The Morgan fingerprint density at radius 3 is 2.75 bits per heavy atom. The van der Waals surface area contributed by atoms with Crippen LogP contribution < -0.4 is 4.74 Å². The van der Waals surface area contributed by atoms with Gasteiger partial charge in [0.05, 0.1) is 22.5 Å². The number of halogens is 2. The van der Waals surface area contributed by atoms with Gasteiger partial charge in [0.25, 0.3) is 5.91 Å². The smallest absolute Gasteiger partial charge is 0.254 e. The van der Waals surface area contributed by atoms with Crippen molar-refractivity contribution >= 4 is 40.4 Å². The molecule has 1 aromatic carbocycles. The van der Waals surface area contributed by atoms with Gasteiger partial charge in [-0.15, -0.1) is 17.9 Å². The van der Waals surface area contributed by atoms with Gasteiger partial charge in [0.1, 0.15) is 0 Å². The third-order valence-corrected chi connectivity index (χ3v) is 4.69. The molecule has 0 aliphatic carbocycles. The molecule has 0 saturated heterocycles. The number of hydrogen-bond donors (Lipinski definition) is 1. The van der Waals surface area contributed by atoms with E-state index in [1.807, 2.05) is 6.07 Å². The fraction of sp³-hybridized carbons (Fsp3) is 0.235. The molecule has 2 rings (SSSR count). The van der Waals surface area contributed by atoms with Crippen LogP contribution in [0.5, 0.6) is 11.5 Å². The summed E-state index contributed by atoms with van der Waals surface area (Å²) >= 11 is 13.4. The third-order valence-electron chi connectivity index (χ3n) is 3.19. The molecule has 1 aromatic heterocycles. The number of hydrogen-bond acceptors (Lipinski definition) is 4. The number of amides is 1. The van der Waals surface area contributed by atoms with Gasteiger partial charge in [0.15, 0.2) is 11.5 Å². The highest BCUT2D eigenvalue weighted by Crippen LogP contribution is 2.35. The molecule has 0 radical (unpaired) electrons. The van der Waals surface area contributed by atoms with Crippen molar-refractivity contribution in [2.24, 2.45) is 0 Å². The van der Waals surface area contributed by atoms with E-state index in [4.69, 9.17) is 27.9 Å². The summed E-state index contributed by atoms with van der Waals surface area (Å²) in [5.74, 6) is -0.219. The van der Waals surface area contributed by atoms with Crippen LogP contribution in [-0.2, 0) is 6.54 Å². The summed E-state index contributed by atoms with van der Waals surface area (Å²) in [6, 6.07) is 6.60. The molecule has 0 fully saturated rings. The van der Waals surface area contributed by atoms with E-state index in [1.165, 1.54) is 23.5 Å². The Balaban J connectivity index is 2.30. The van der Waals surface area contributed by atoms with Gasteiger partial charge in [-0.3, -0.25) is 4.79 Å². The minimum atomic E-state index is -0.234. The molecule has 1 amide bonds. The van der Waals surface area contributed by atoms with Crippen molar-refractivity contribution in [1.82, 2.24) is 4.90 Å². The summed E-state index contributed by atoms with van der Waals surface area (Å²) in [5, 5.41) is 9.98. The zero-order valence-corrected chi connectivity index (χ0v) is 15.4. The molecule has 4 nitrogen and oxygen atoms in total. The van der Waals surface area contributed by atoms with Crippen LogP contribution in [0.4, 0.5) is 0 Å². The Morgan fingerprint density at radius 2 is 2.17 bits per heavy atom. The van der Waals surface area contributed by atoms with E-state index in [2.05, 4.69) is 6.58 Å². The van der Waals surface area contributed by atoms with E-state index in [1.54, 1.807) is 24.0 Å². The second-order valence-electron chi connectivity index (χ2n) is 4.92. The Bertz CT molecular complexity index is 745. The minimum absolute atomic E-state index is 0.0713. The van der Waals surface area contributed by atoms with Gasteiger partial charge in [-0.2, -0.15) is 0 Å². The number of carbonyl (C=O) groups is 1. The number of ether oxygens (including phenoxy) is 1. The molecule has 2 aromatic rings. The van der Waals surface area contributed by atoms with Crippen molar-refractivity contribution in [2.75, 3.05) is 13.2 Å². The van der Waals surface area contributed by atoms with Crippen LogP contribution in [0.1, 0.15) is 22.2 Å². The van der Waals surface area contributed by atoms with E-state index >= 15 is 0 Å². The van der Waals surface area contributed by atoms with Gasteiger partial charge in [-0.25, -0.2) is 0 Å². The maximum Gasteiger partial charge on any atom is 0.254 e. The number of thiophene rings is 1. The number of rotatable bonds is 7. The highest BCUT2D eigenvalue weighted by molar-refractivity contribution is 7.16. The summed E-state index contributed by atoms with van der Waals surface area (Å²) < 4.78 is 6.00. The van der Waals surface area contributed by atoms with Crippen molar-refractivity contribution < 1.29 is 14.6 Å². The quantitative estimate of drug-likeness (QED) is 0.683. The number of aromatic hydroxyl groups is 1. The summed E-state index contributed by atoms with van der Waals surface area (Å²) in [6.45, 7) is 6.61. The first-order valence-corrected chi connectivity index (χ1v) is 8.83. The molecule has 24 heavy (non-hydrogen) atoms. The van der Waals surface area contributed by atoms with Crippen molar-refractivity contribution in [2.45, 2.75) is 13.5 Å². The Hall–Kier alpha value is -1.69. The van der Waals surface area contributed by atoms with Gasteiger partial charge < -0.3 is 14.7 Å². The second kappa shape index (κ2) is 8.42. The molecule has 0 saturated carbocycles. The van der Waals surface area contributed by atoms with Crippen LogP contribution >= 0.6 is 34.5 Å². The molecule has 0 bridgehead atoms. The molecule has 1 N–H and O–H groups in total. The normalized spacial score (nSPS) is 10.5. The lowest BCUT2D eigenvalue weighted by Crippen LogP contribution is -2.30. The molecular weight excluding hydrogens is 369 g/mol. The van der Waals surface area contributed by atoms with Crippen LogP contribution in [0.2, 0.25) is 9.36 Å². The number of benzene rings is 1. The van der Waals surface area contributed by atoms with E-state index in [-0.39, 0.29) is 22.4 Å². The first kappa shape index (κ1) is 18.6. The van der Waals surface area contributed by atoms with Gasteiger partial charge in [0.2, 0.25) is 0 Å². The monoisotopic (exact) mass is 385 g/mol. The second-order valence-corrected chi connectivity index (χ2v) is 7.12. The highest BCUT2D eigenvalue weighted by Gasteiger charge is 2.20. The van der Waals surface area contributed by atoms with E-state index < -0.39 is 0 Å². The van der Waals surface area contributed by atoms with Gasteiger partial charge in [0, 0.05) is 17.0 Å². The van der Waals surface area contributed by atoms with Crippen LogP contribution in [0.15, 0.2) is 36.9 Å². The third kappa shape index (κ3) is 4.44. The molecule has 0 aliphatic heterocycles. The van der Waals surface area contributed by atoms with Crippen molar-refractivity contribution in [3.8, 4) is 11.5 Å². The van der Waals surface area contributed by atoms with Gasteiger partial charge in [-0.05, 0) is 31.2 Å². The van der Waals surface area contributed by atoms with Crippen LogP contribution in [0.25, 0.3) is 0 Å². The lowest BCUT2D eigenvalue weighted by atomic mass is 10.1. The van der Waals surface area contributed by atoms with Crippen LogP contribution in [-0.4, -0.2) is 29.1 Å². The van der Waals surface area contributed by atoms with Crippen molar-refractivity contribution in [3.63, 3.8) is 0 Å². The summed E-state index contributed by atoms with van der Waals surface area (Å²) in [4.78, 5) is 15.4. The molecule has 1 heterocycles. The molecular formula is C17H17Cl2NO3S. The molecule has 128 valence electrons. The van der Waals surface area contributed by atoms with E-state index in [0.717, 1.165) is 4.88 Å². The minimum Gasteiger partial charge on any atom is -0.503 e. The zero-order chi connectivity index (χ0) is 17.7. The SMILES string of the molecule is C=CCN(Cc1ccc(Cl)s1)C(=O)c1cc(Cl)c(O)c(OCC)c1. The Labute approximate surface area is 154 Å². The molecule has 0 unspecified atom stereocenters. The number of nitrogens with zero attached hydrogens (tertiary/aromatic N) is 1. The molecule has 0 spiro atoms. The van der Waals surface area contributed by atoms with Crippen molar-refractivity contribution in [1.29, 1.82) is 0 Å². The predicted octanol–water partition coefficient (Wildman–Crippen LogP) is 4.99.